The molecular formula is C21H23ClN2O3S. The normalized spacial score (nSPS) is 16.3. The van der Waals surface area contributed by atoms with Gasteiger partial charge in [0, 0.05) is 18.0 Å². The Balaban J connectivity index is 1.82. The maximum absolute atomic E-state index is 12.6. The Morgan fingerprint density at radius 2 is 2.04 bits per heavy atom. The molecule has 1 heterocycles. The van der Waals surface area contributed by atoms with Crippen LogP contribution in [0.15, 0.2) is 42.5 Å². The second-order valence-electron chi connectivity index (χ2n) is 6.57. The Morgan fingerprint density at radius 1 is 1.29 bits per heavy atom. The predicted molar refractivity (Wildman–Crippen MR) is 115 cm³/mol. The molecule has 0 spiro atoms. The van der Waals surface area contributed by atoms with Crippen LogP contribution in [0.5, 0.6) is 5.75 Å². The number of carbonyl (C=O) groups is 2. The number of hydrogen-bond acceptors (Lipinski definition) is 4. The molecule has 7 heteroatoms. The molecule has 1 atom stereocenters. The number of methoxy groups -OCH3 is 1. The van der Waals surface area contributed by atoms with Crippen molar-refractivity contribution in [1.29, 1.82) is 0 Å². The van der Waals surface area contributed by atoms with Crippen LogP contribution in [0, 0.1) is 6.92 Å². The first-order valence-electron chi connectivity index (χ1n) is 9.07. The van der Waals surface area contributed by atoms with Gasteiger partial charge < -0.3 is 10.1 Å². The molecule has 1 fully saturated rings. The smallest absolute Gasteiger partial charge is 0.238 e. The summed E-state index contributed by atoms with van der Waals surface area (Å²) in [5.41, 5.74) is 3.57. The molecule has 28 heavy (non-hydrogen) atoms. The van der Waals surface area contributed by atoms with Crippen molar-refractivity contribution < 1.29 is 14.3 Å². The van der Waals surface area contributed by atoms with E-state index < -0.39 is 0 Å². The van der Waals surface area contributed by atoms with Crippen LogP contribution in [0.3, 0.4) is 0 Å². The second-order valence-corrected chi connectivity index (χ2v) is 8.01. The van der Waals surface area contributed by atoms with E-state index >= 15 is 0 Å². The number of thioether (sulfide) groups is 1. The number of amides is 2. The van der Waals surface area contributed by atoms with Gasteiger partial charge in [-0.25, -0.2) is 0 Å². The van der Waals surface area contributed by atoms with Gasteiger partial charge >= 0.3 is 0 Å². The summed E-state index contributed by atoms with van der Waals surface area (Å²) in [7, 11) is 1.61. The first-order valence-corrected chi connectivity index (χ1v) is 10.7. The van der Waals surface area contributed by atoms with Gasteiger partial charge in [0.15, 0.2) is 0 Å². The topological polar surface area (TPSA) is 58.6 Å². The third-order valence-electron chi connectivity index (χ3n) is 4.48. The van der Waals surface area contributed by atoms with Crippen LogP contribution in [0.25, 0.3) is 0 Å². The van der Waals surface area contributed by atoms with Gasteiger partial charge in [-0.05, 0) is 48.7 Å². The number of nitrogens with zero attached hydrogens (tertiary/aromatic N) is 1. The lowest BCUT2D eigenvalue weighted by Gasteiger charge is -2.26. The summed E-state index contributed by atoms with van der Waals surface area (Å²) in [5, 5.41) is 2.73. The van der Waals surface area contributed by atoms with Crippen LogP contribution in [0.2, 0.25) is 0 Å². The molecule has 1 aliphatic rings. The van der Waals surface area contributed by atoms with Crippen LogP contribution in [-0.2, 0) is 9.59 Å². The van der Waals surface area contributed by atoms with Crippen LogP contribution >= 0.6 is 23.4 Å². The van der Waals surface area contributed by atoms with E-state index in [1.54, 1.807) is 23.8 Å². The molecule has 0 aromatic heterocycles. The molecule has 2 amide bonds. The Bertz CT molecular complexity index is 857. The summed E-state index contributed by atoms with van der Waals surface area (Å²) in [6.07, 6.45) is 1.05. The second kappa shape index (κ2) is 9.34. The van der Waals surface area contributed by atoms with Gasteiger partial charge in [0.25, 0.3) is 0 Å². The van der Waals surface area contributed by atoms with Gasteiger partial charge in [-0.2, -0.15) is 0 Å². The van der Waals surface area contributed by atoms with Gasteiger partial charge in [-0.1, -0.05) is 18.2 Å². The number of ether oxygens (including phenoxy) is 1. The fraction of sp³-hybridized carbons (Fsp3) is 0.333. The highest BCUT2D eigenvalue weighted by Gasteiger charge is 2.35. The zero-order valence-electron chi connectivity index (χ0n) is 15.9. The molecule has 0 aliphatic carbocycles. The number of aryl methyl sites for hydroxylation is 1. The number of hydrogen-bond donors (Lipinski definition) is 1. The lowest BCUT2D eigenvalue weighted by Crippen LogP contribution is -2.28. The number of halogens is 1. The van der Waals surface area contributed by atoms with Gasteiger partial charge in [0.2, 0.25) is 11.8 Å². The SMILES string of the molecule is COc1ccc(C)cc1N1C(=O)CSC1c1ccc(NC(=O)CCCCl)cc1. The Morgan fingerprint density at radius 3 is 2.71 bits per heavy atom. The molecule has 1 unspecified atom stereocenters. The lowest BCUT2D eigenvalue weighted by molar-refractivity contribution is -0.116. The molecule has 2 aromatic rings. The van der Waals surface area contributed by atoms with Crippen molar-refractivity contribution in [1.82, 2.24) is 0 Å². The molecule has 0 bridgehead atoms. The third-order valence-corrected chi connectivity index (χ3v) is 5.96. The summed E-state index contributed by atoms with van der Waals surface area (Å²) in [5.74, 6) is 1.56. The lowest BCUT2D eigenvalue weighted by atomic mass is 10.1. The maximum Gasteiger partial charge on any atom is 0.238 e. The van der Waals surface area contributed by atoms with Gasteiger partial charge in [-0.3, -0.25) is 14.5 Å². The van der Waals surface area contributed by atoms with E-state index in [1.165, 1.54) is 0 Å². The van der Waals surface area contributed by atoms with Crippen molar-refractivity contribution in [3.8, 4) is 5.75 Å². The van der Waals surface area contributed by atoms with Gasteiger partial charge in [0.05, 0.1) is 18.6 Å². The maximum atomic E-state index is 12.6. The molecule has 1 aliphatic heterocycles. The summed E-state index contributed by atoms with van der Waals surface area (Å²) < 4.78 is 5.48. The molecule has 3 rings (SSSR count). The van der Waals surface area contributed by atoms with Crippen molar-refractivity contribution in [2.75, 3.05) is 29.0 Å². The van der Waals surface area contributed by atoms with Gasteiger partial charge in [0.1, 0.15) is 11.1 Å². The minimum absolute atomic E-state index is 0.0510. The fourth-order valence-electron chi connectivity index (χ4n) is 3.10. The summed E-state index contributed by atoms with van der Waals surface area (Å²) in [6.45, 7) is 1.99. The first kappa shape index (κ1) is 20.6. The highest BCUT2D eigenvalue weighted by atomic mass is 35.5. The monoisotopic (exact) mass is 418 g/mol. The molecule has 0 radical (unpaired) electrons. The standard InChI is InChI=1S/C21H23ClN2O3S/c1-14-5-10-18(27-2)17(12-14)24-20(26)13-28-21(24)15-6-8-16(9-7-15)23-19(25)4-3-11-22/h5-10,12,21H,3-4,11,13H2,1-2H3,(H,23,25). The Kier molecular flexibility index (Phi) is 6.86. The minimum atomic E-state index is -0.135. The number of rotatable bonds is 7. The predicted octanol–water partition coefficient (Wildman–Crippen LogP) is 4.74. The molecule has 148 valence electrons. The quantitative estimate of drug-likeness (QED) is 0.660. The zero-order valence-corrected chi connectivity index (χ0v) is 17.5. The summed E-state index contributed by atoms with van der Waals surface area (Å²) in [6, 6.07) is 13.4. The van der Waals surface area contributed by atoms with Crippen molar-refractivity contribution in [3.05, 3.63) is 53.6 Å². The average Bonchev–Trinajstić information content (AvgIpc) is 3.08. The van der Waals surface area contributed by atoms with E-state index in [-0.39, 0.29) is 17.2 Å². The van der Waals surface area contributed by atoms with E-state index in [2.05, 4.69) is 5.32 Å². The van der Waals surface area contributed by atoms with E-state index in [0.717, 1.165) is 22.5 Å². The van der Waals surface area contributed by atoms with Gasteiger partial charge in [-0.15, -0.1) is 23.4 Å². The zero-order chi connectivity index (χ0) is 20.1. The third kappa shape index (κ3) is 4.62. The number of benzene rings is 2. The Labute approximate surface area is 174 Å². The number of nitrogens with one attached hydrogen (secondary N) is 1. The molecule has 0 saturated carbocycles. The van der Waals surface area contributed by atoms with Crippen LogP contribution < -0.4 is 15.0 Å². The van der Waals surface area contributed by atoms with Crippen LogP contribution in [0.4, 0.5) is 11.4 Å². The van der Waals surface area contributed by atoms with E-state index in [0.29, 0.717) is 30.2 Å². The van der Waals surface area contributed by atoms with Crippen molar-refractivity contribution in [2.24, 2.45) is 0 Å². The van der Waals surface area contributed by atoms with Crippen molar-refractivity contribution in [2.45, 2.75) is 25.1 Å². The largest absolute Gasteiger partial charge is 0.495 e. The average molecular weight is 419 g/mol. The van der Waals surface area contributed by atoms with E-state index in [9.17, 15) is 9.59 Å². The first-order chi connectivity index (χ1) is 13.5. The summed E-state index contributed by atoms with van der Waals surface area (Å²) in [4.78, 5) is 26.3. The van der Waals surface area contributed by atoms with E-state index in [1.807, 2.05) is 49.4 Å². The molecule has 1 N–H and O–H groups in total. The fourth-order valence-corrected chi connectivity index (χ4v) is 4.40. The number of alkyl halides is 1. The molecular weight excluding hydrogens is 396 g/mol. The van der Waals surface area contributed by atoms with Crippen LogP contribution in [-0.4, -0.2) is 30.6 Å². The highest BCUT2D eigenvalue weighted by Crippen LogP contribution is 2.45. The van der Waals surface area contributed by atoms with E-state index in [4.69, 9.17) is 16.3 Å². The van der Waals surface area contributed by atoms with Crippen LogP contribution in [0.1, 0.15) is 29.3 Å². The Hall–Kier alpha value is -2.18. The minimum Gasteiger partial charge on any atom is -0.495 e. The molecule has 1 saturated heterocycles. The molecule has 5 nitrogen and oxygen atoms in total. The number of anilines is 2. The van der Waals surface area contributed by atoms with Crippen molar-refractivity contribution >= 4 is 46.6 Å². The number of carbonyl (C=O) groups excluding carboxylic acids is 2. The van der Waals surface area contributed by atoms with Crippen molar-refractivity contribution in [3.63, 3.8) is 0 Å². The molecule has 2 aromatic carbocycles. The summed E-state index contributed by atoms with van der Waals surface area (Å²) >= 11 is 7.21. The highest BCUT2D eigenvalue weighted by molar-refractivity contribution is 8.00.